The van der Waals surface area contributed by atoms with Crippen LogP contribution in [0.4, 0.5) is 4.39 Å². The van der Waals surface area contributed by atoms with Crippen molar-refractivity contribution in [2.45, 2.75) is 13.8 Å². The summed E-state index contributed by atoms with van der Waals surface area (Å²) < 4.78 is 15.6. The number of carbonyl (C=O) groups is 1. The molecular weight excluding hydrogens is 383 g/mol. The van der Waals surface area contributed by atoms with E-state index in [2.05, 4.69) is 31.9 Å². The van der Waals surface area contributed by atoms with Gasteiger partial charge in [-0.05, 0) is 69.0 Å². The summed E-state index contributed by atoms with van der Waals surface area (Å²) in [4.78, 5) is 12.8. The molecule has 0 bridgehead atoms. The van der Waals surface area contributed by atoms with E-state index < -0.39 is 5.82 Å². The number of rotatable bonds is 2. The Kier molecular flexibility index (Phi) is 4.04. The second-order valence-corrected chi connectivity index (χ2v) is 7.22. The molecule has 1 aromatic heterocycles. The largest absolute Gasteiger partial charge is 0.288 e. The lowest BCUT2D eigenvalue weighted by atomic mass is 10.0. The van der Waals surface area contributed by atoms with E-state index in [1.165, 1.54) is 17.4 Å². The van der Waals surface area contributed by atoms with Crippen molar-refractivity contribution < 1.29 is 9.18 Å². The number of hydrogen-bond donors (Lipinski definition) is 0. The first-order valence-electron chi connectivity index (χ1n) is 5.16. The lowest BCUT2D eigenvalue weighted by molar-refractivity contribution is 0.103. The van der Waals surface area contributed by atoms with Gasteiger partial charge in [-0.2, -0.15) is 0 Å². The average Bonchev–Trinajstić information content (AvgIpc) is 2.57. The Morgan fingerprint density at radius 1 is 1.22 bits per heavy atom. The molecule has 0 atom stereocenters. The predicted octanol–water partition coefficient (Wildman–Crippen LogP) is 5.26. The summed E-state index contributed by atoms with van der Waals surface area (Å²) in [5.74, 6) is -0.737. The first-order valence-corrected chi connectivity index (χ1v) is 7.56. The van der Waals surface area contributed by atoms with Crippen LogP contribution < -0.4 is 0 Å². The van der Waals surface area contributed by atoms with Crippen LogP contribution in [0.5, 0.6) is 0 Å². The van der Waals surface area contributed by atoms with Crippen LogP contribution in [-0.2, 0) is 0 Å². The summed E-state index contributed by atoms with van der Waals surface area (Å²) in [7, 11) is 0. The number of aryl methyl sites for hydroxylation is 2. The van der Waals surface area contributed by atoms with Crippen LogP contribution in [0, 0.1) is 19.7 Å². The summed E-state index contributed by atoms with van der Waals surface area (Å²) in [5, 5.41) is 0. The minimum absolute atomic E-state index is 0.154. The number of halogens is 3. The van der Waals surface area contributed by atoms with Crippen molar-refractivity contribution in [1.82, 2.24) is 0 Å². The van der Waals surface area contributed by atoms with Crippen molar-refractivity contribution in [3.05, 3.63) is 53.8 Å². The van der Waals surface area contributed by atoms with Gasteiger partial charge in [0.15, 0.2) is 0 Å². The standard InChI is InChI=1S/C13H9Br2FOS/c1-6-3-7(2)11(9(16)4-6)12(17)10-5-8(14)13(15)18-10/h3-5H,1-2H3. The SMILES string of the molecule is Cc1cc(C)c(C(=O)c2cc(Br)c(Br)s2)c(F)c1. The van der Waals surface area contributed by atoms with E-state index in [0.29, 0.717) is 10.4 Å². The van der Waals surface area contributed by atoms with Crippen molar-refractivity contribution in [2.24, 2.45) is 0 Å². The second-order valence-electron chi connectivity index (χ2n) is 4.00. The van der Waals surface area contributed by atoms with Crippen molar-refractivity contribution in [3.8, 4) is 0 Å². The van der Waals surface area contributed by atoms with Crippen LogP contribution >= 0.6 is 43.2 Å². The molecule has 5 heteroatoms. The molecule has 0 radical (unpaired) electrons. The lowest BCUT2D eigenvalue weighted by Gasteiger charge is -2.06. The molecule has 0 aliphatic carbocycles. The minimum atomic E-state index is -0.460. The zero-order valence-electron chi connectivity index (χ0n) is 9.68. The monoisotopic (exact) mass is 390 g/mol. The van der Waals surface area contributed by atoms with Gasteiger partial charge in [0.1, 0.15) is 5.82 Å². The Morgan fingerprint density at radius 2 is 1.89 bits per heavy atom. The highest BCUT2D eigenvalue weighted by Crippen LogP contribution is 2.34. The molecule has 1 nitrogen and oxygen atoms in total. The molecule has 0 unspecified atom stereocenters. The Hall–Kier alpha value is -0.520. The van der Waals surface area contributed by atoms with Crippen LogP contribution in [0.2, 0.25) is 0 Å². The van der Waals surface area contributed by atoms with Crippen LogP contribution in [0.25, 0.3) is 0 Å². The molecule has 0 saturated heterocycles. The molecular formula is C13H9Br2FOS. The van der Waals surface area contributed by atoms with Gasteiger partial charge < -0.3 is 0 Å². The first kappa shape index (κ1) is 13.9. The van der Waals surface area contributed by atoms with E-state index in [1.54, 1.807) is 13.0 Å². The van der Waals surface area contributed by atoms with Crippen molar-refractivity contribution in [2.75, 3.05) is 0 Å². The number of carbonyl (C=O) groups excluding carboxylic acids is 1. The molecule has 0 spiro atoms. The molecule has 0 aliphatic rings. The Labute approximate surface area is 125 Å². The van der Waals surface area contributed by atoms with Crippen molar-refractivity contribution >= 4 is 49.0 Å². The van der Waals surface area contributed by atoms with Gasteiger partial charge in [0, 0.05) is 4.47 Å². The fourth-order valence-electron chi connectivity index (χ4n) is 1.78. The van der Waals surface area contributed by atoms with E-state index in [1.807, 2.05) is 13.0 Å². The van der Waals surface area contributed by atoms with Gasteiger partial charge in [-0.3, -0.25) is 4.79 Å². The molecule has 0 N–H and O–H groups in total. The highest BCUT2D eigenvalue weighted by molar-refractivity contribution is 9.13. The number of ketones is 1. The minimum Gasteiger partial charge on any atom is -0.288 e. The molecule has 94 valence electrons. The topological polar surface area (TPSA) is 17.1 Å². The Balaban J connectivity index is 2.52. The third kappa shape index (κ3) is 2.58. The normalized spacial score (nSPS) is 10.7. The predicted molar refractivity (Wildman–Crippen MR) is 79.0 cm³/mol. The first-order chi connectivity index (χ1) is 8.40. The van der Waals surface area contributed by atoms with Crippen molar-refractivity contribution in [3.63, 3.8) is 0 Å². The third-order valence-electron chi connectivity index (χ3n) is 2.53. The molecule has 0 saturated carbocycles. The number of hydrogen-bond acceptors (Lipinski definition) is 2. The van der Waals surface area contributed by atoms with E-state index in [-0.39, 0.29) is 11.3 Å². The van der Waals surface area contributed by atoms with Gasteiger partial charge >= 0.3 is 0 Å². The van der Waals surface area contributed by atoms with E-state index in [0.717, 1.165) is 13.8 Å². The maximum absolute atomic E-state index is 13.9. The molecule has 1 heterocycles. The molecule has 1 aromatic carbocycles. The van der Waals surface area contributed by atoms with E-state index >= 15 is 0 Å². The molecule has 2 rings (SSSR count). The Bertz CT molecular complexity index is 591. The maximum atomic E-state index is 13.9. The summed E-state index contributed by atoms with van der Waals surface area (Å²) in [5.41, 5.74) is 1.63. The highest BCUT2D eigenvalue weighted by Gasteiger charge is 2.20. The quantitative estimate of drug-likeness (QED) is 0.638. The van der Waals surface area contributed by atoms with Crippen LogP contribution in [-0.4, -0.2) is 5.78 Å². The lowest BCUT2D eigenvalue weighted by Crippen LogP contribution is -2.05. The highest BCUT2D eigenvalue weighted by atomic mass is 79.9. The van der Waals surface area contributed by atoms with Gasteiger partial charge in [-0.1, -0.05) is 6.07 Å². The van der Waals surface area contributed by atoms with Gasteiger partial charge in [0.05, 0.1) is 14.2 Å². The number of benzene rings is 1. The zero-order chi connectivity index (χ0) is 13.4. The zero-order valence-corrected chi connectivity index (χ0v) is 13.7. The molecule has 2 aromatic rings. The summed E-state index contributed by atoms with van der Waals surface area (Å²) in [6, 6.07) is 4.90. The summed E-state index contributed by atoms with van der Waals surface area (Å²) in [6.45, 7) is 3.56. The fourth-order valence-corrected chi connectivity index (χ4v) is 3.77. The molecule has 18 heavy (non-hydrogen) atoms. The third-order valence-corrected chi connectivity index (χ3v) is 5.78. The van der Waals surface area contributed by atoms with Crippen molar-refractivity contribution in [1.29, 1.82) is 0 Å². The van der Waals surface area contributed by atoms with Gasteiger partial charge in [-0.15, -0.1) is 11.3 Å². The van der Waals surface area contributed by atoms with Crippen LogP contribution in [0.1, 0.15) is 26.4 Å². The van der Waals surface area contributed by atoms with Gasteiger partial charge in [0.2, 0.25) is 5.78 Å². The van der Waals surface area contributed by atoms with Crippen LogP contribution in [0.15, 0.2) is 26.5 Å². The molecule has 0 aliphatic heterocycles. The van der Waals surface area contributed by atoms with E-state index in [9.17, 15) is 9.18 Å². The fraction of sp³-hybridized carbons (Fsp3) is 0.154. The molecule has 0 fully saturated rings. The van der Waals surface area contributed by atoms with Crippen LogP contribution in [0.3, 0.4) is 0 Å². The average molecular weight is 392 g/mol. The van der Waals surface area contributed by atoms with Gasteiger partial charge in [-0.25, -0.2) is 4.39 Å². The Morgan fingerprint density at radius 3 is 2.39 bits per heavy atom. The van der Waals surface area contributed by atoms with Gasteiger partial charge in [0.25, 0.3) is 0 Å². The second kappa shape index (κ2) is 5.23. The van der Waals surface area contributed by atoms with E-state index in [4.69, 9.17) is 0 Å². The number of thiophene rings is 1. The smallest absolute Gasteiger partial charge is 0.206 e. The maximum Gasteiger partial charge on any atom is 0.206 e. The summed E-state index contributed by atoms with van der Waals surface area (Å²) >= 11 is 7.95. The molecule has 0 amide bonds. The summed E-state index contributed by atoms with van der Waals surface area (Å²) in [6.07, 6.45) is 0.